The van der Waals surface area contributed by atoms with Crippen molar-refractivity contribution < 1.29 is 0 Å². The smallest absolute Gasteiger partial charge is 0.164 e. The van der Waals surface area contributed by atoms with Crippen molar-refractivity contribution in [2.75, 3.05) is 0 Å². The first-order valence-corrected chi connectivity index (χ1v) is 16.8. The molecular formula is C47H31N3. The lowest BCUT2D eigenvalue weighted by molar-refractivity contribution is 1.07. The third-order valence-electron chi connectivity index (χ3n) is 9.25. The molecule has 0 spiro atoms. The summed E-state index contributed by atoms with van der Waals surface area (Å²) in [5.74, 6) is 1.90. The second-order valence-corrected chi connectivity index (χ2v) is 12.5. The molecule has 234 valence electrons. The van der Waals surface area contributed by atoms with Crippen molar-refractivity contribution >= 4 is 21.5 Å². The molecule has 0 saturated heterocycles. The predicted molar refractivity (Wildman–Crippen MR) is 207 cm³/mol. The van der Waals surface area contributed by atoms with Crippen LogP contribution in [0.1, 0.15) is 0 Å². The lowest BCUT2D eigenvalue weighted by Gasteiger charge is -2.13. The van der Waals surface area contributed by atoms with Crippen LogP contribution in [0.25, 0.3) is 89.1 Å². The molecule has 0 N–H and O–H groups in total. The highest BCUT2D eigenvalue weighted by Crippen LogP contribution is 2.34. The third-order valence-corrected chi connectivity index (χ3v) is 9.25. The van der Waals surface area contributed by atoms with E-state index >= 15 is 0 Å². The van der Waals surface area contributed by atoms with E-state index in [9.17, 15) is 0 Å². The predicted octanol–water partition coefficient (Wildman–Crippen LogP) is 12.2. The largest absolute Gasteiger partial charge is 0.208 e. The van der Waals surface area contributed by atoms with Gasteiger partial charge in [0.15, 0.2) is 17.5 Å². The Balaban J connectivity index is 1.24. The number of nitrogens with zero attached hydrogens (tertiary/aromatic N) is 3. The minimum absolute atomic E-state index is 0.629. The molecule has 9 aromatic rings. The summed E-state index contributed by atoms with van der Waals surface area (Å²) in [6, 6.07) is 66.0. The van der Waals surface area contributed by atoms with Crippen LogP contribution in [0.3, 0.4) is 0 Å². The van der Waals surface area contributed by atoms with Crippen molar-refractivity contribution in [3.8, 4) is 67.5 Å². The Kier molecular flexibility index (Phi) is 7.49. The van der Waals surface area contributed by atoms with Gasteiger partial charge in [-0.25, -0.2) is 15.0 Å². The summed E-state index contributed by atoms with van der Waals surface area (Å²) in [5.41, 5.74) is 9.56. The molecule has 1 heterocycles. The van der Waals surface area contributed by atoms with Gasteiger partial charge in [0.25, 0.3) is 0 Å². The lowest BCUT2D eigenvalue weighted by Crippen LogP contribution is -2.01. The van der Waals surface area contributed by atoms with E-state index in [2.05, 4.69) is 176 Å². The second kappa shape index (κ2) is 12.7. The van der Waals surface area contributed by atoms with Crippen LogP contribution in [-0.4, -0.2) is 15.0 Å². The summed E-state index contributed by atoms with van der Waals surface area (Å²) < 4.78 is 0. The molecule has 0 aliphatic rings. The highest BCUT2D eigenvalue weighted by atomic mass is 15.0. The van der Waals surface area contributed by atoms with Crippen LogP contribution in [0.5, 0.6) is 0 Å². The van der Waals surface area contributed by atoms with Gasteiger partial charge in [-0.15, -0.1) is 0 Å². The second-order valence-electron chi connectivity index (χ2n) is 12.5. The van der Waals surface area contributed by atoms with Gasteiger partial charge in [-0.05, 0) is 91.3 Å². The monoisotopic (exact) mass is 637 g/mol. The van der Waals surface area contributed by atoms with Gasteiger partial charge in [0, 0.05) is 16.7 Å². The quantitative estimate of drug-likeness (QED) is 0.182. The van der Waals surface area contributed by atoms with Gasteiger partial charge >= 0.3 is 0 Å². The molecule has 0 unspecified atom stereocenters. The fourth-order valence-electron chi connectivity index (χ4n) is 6.65. The van der Waals surface area contributed by atoms with Crippen molar-refractivity contribution in [1.29, 1.82) is 0 Å². The fourth-order valence-corrected chi connectivity index (χ4v) is 6.65. The fraction of sp³-hybridized carbons (Fsp3) is 0. The zero-order chi connectivity index (χ0) is 33.3. The molecule has 3 nitrogen and oxygen atoms in total. The van der Waals surface area contributed by atoms with Crippen molar-refractivity contribution in [2.45, 2.75) is 0 Å². The molecule has 9 rings (SSSR count). The maximum atomic E-state index is 5.19. The van der Waals surface area contributed by atoms with E-state index in [4.69, 9.17) is 15.0 Å². The molecule has 0 fully saturated rings. The molecule has 0 saturated carbocycles. The molecule has 0 bridgehead atoms. The summed E-state index contributed by atoms with van der Waals surface area (Å²) in [6.07, 6.45) is 0. The molecule has 1 aromatic heterocycles. The van der Waals surface area contributed by atoms with Crippen LogP contribution < -0.4 is 0 Å². The van der Waals surface area contributed by atoms with Crippen LogP contribution in [0.2, 0.25) is 0 Å². The van der Waals surface area contributed by atoms with E-state index in [-0.39, 0.29) is 0 Å². The van der Waals surface area contributed by atoms with Gasteiger partial charge in [-0.2, -0.15) is 0 Å². The molecule has 50 heavy (non-hydrogen) atoms. The zero-order valence-electron chi connectivity index (χ0n) is 27.2. The summed E-state index contributed by atoms with van der Waals surface area (Å²) in [6.45, 7) is 0. The van der Waals surface area contributed by atoms with E-state index in [0.717, 1.165) is 55.5 Å². The Morgan fingerprint density at radius 1 is 0.200 bits per heavy atom. The molecule has 3 heteroatoms. The number of rotatable bonds is 6. The van der Waals surface area contributed by atoms with Gasteiger partial charge in [0.05, 0.1) is 0 Å². The molecule has 0 amide bonds. The SMILES string of the molecule is c1ccc(-c2cc(-c3ccccc3)cc(-c3nc(-c4cccc(-c5ccc6ccccc6c5)c4)nc(-c4ccc5ccccc5c4)n3)c2)cc1. The van der Waals surface area contributed by atoms with Gasteiger partial charge in [-0.3, -0.25) is 0 Å². The molecule has 0 atom stereocenters. The summed E-state index contributed by atoms with van der Waals surface area (Å²) in [5, 5.41) is 4.76. The molecule has 0 aliphatic carbocycles. The molecule has 0 aliphatic heterocycles. The summed E-state index contributed by atoms with van der Waals surface area (Å²) in [7, 11) is 0. The first-order chi connectivity index (χ1) is 24.7. The molecule has 0 radical (unpaired) electrons. The minimum atomic E-state index is 0.629. The zero-order valence-corrected chi connectivity index (χ0v) is 27.2. The number of fused-ring (bicyclic) bond motifs is 2. The number of hydrogen-bond acceptors (Lipinski definition) is 3. The highest BCUT2D eigenvalue weighted by molar-refractivity contribution is 5.89. The van der Waals surface area contributed by atoms with Crippen LogP contribution in [-0.2, 0) is 0 Å². The van der Waals surface area contributed by atoms with E-state index in [1.165, 1.54) is 16.2 Å². The van der Waals surface area contributed by atoms with Crippen molar-refractivity contribution in [3.63, 3.8) is 0 Å². The number of hydrogen-bond donors (Lipinski definition) is 0. The first kappa shape index (κ1) is 29.4. The Labute approximate surface area is 291 Å². The van der Waals surface area contributed by atoms with E-state index < -0.39 is 0 Å². The normalized spacial score (nSPS) is 11.2. The topological polar surface area (TPSA) is 38.7 Å². The van der Waals surface area contributed by atoms with E-state index in [1.807, 2.05) is 12.1 Å². The van der Waals surface area contributed by atoms with Gasteiger partial charge in [-0.1, -0.05) is 152 Å². The Morgan fingerprint density at radius 3 is 1.14 bits per heavy atom. The summed E-state index contributed by atoms with van der Waals surface area (Å²) >= 11 is 0. The molecule has 8 aromatic carbocycles. The minimum Gasteiger partial charge on any atom is -0.208 e. The highest BCUT2D eigenvalue weighted by Gasteiger charge is 2.16. The maximum Gasteiger partial charge on any atom is 0.164 e. The standard InChI is InChI=1S/C47H31N3/c1-3-12-32(13-4-1)42-29-43(33-14-5-2-6-15-33)31-44(30-42)47-49-45(48-46(50-47)41-25-23-35-17-8-10-19-37(35)27-41)40-21-11-20-38(28-40)39-24-22-34-16-7-9-18-36(34)26-39/h1-31H. The van der Waals surface area contributed by atoms with Crippen LogP contribution >= 0.6 is 0 Å². The average molecular weight is 638 g/mol. The summed E-state index contributed by atoms with van der Waals surface area (Å²) in [4.78, 5) is 15.5. The van der Waals surface area contributed by atoms with Crippen LogP contribution in [0, 0.1) is 0 Å². The van der Waals surface area contributed by atoms with Gasteiger partial charge in [0.1, 0.15) is 0 Å². The number of benzene rings is 8. The molecular weight excluding hydrogens is 607 g/mol. The maximum absolute atomic E-state index is 5.19. The van der Waals surface area contributed by atoms with Gasteiger partial charge < -0.3 is 0 Å². The van der Waals surface area contributed by atoms with E-state index in [0.29, 0.717) is 17.5 Å². The Hall–Kier alpha value is -6.71. The van der Waals surface area contributed by atoms with Crippen molar-refractivity contribution in [1.82, 2.24) is 15.0 Å². The van der Waals surface area contributed by atoms with Crippen LogP contribution in [0.4, 0.5) is 0 Å². The average Bonchev–Trinajstić information content (AvgIpc) is 3.21. The van der Waals surface area contributed by atoms with Crippen LogP contribution in [0.15, 0.2) is 188 Å². The third kappa shape index (κ3) is 5.82. The number of aromatic nitrogens is 3. The van der Waals surface area contributed by atoms with Crippen molar-refractivity contribution in [2.24, 2.45) is 0 Å². The Bertz CT molecular complexity index is 2590. The Morgan fingerprint density at radius 2 is 0.560 bits per heavy atom. The lowest BCUT2D eigenvalue weighted by atomic mass is 9.95. The first-order valence-electron chi connectivity index (χ1n) is 16.8. The van der Waals surface area contributed by atoms with E-state index in [1.54, 1.807) is 0 Å². The van der Waals surface area contributed by atoms with Crippen molar-refractivity contribution in [3.05, 3.63) is 188 Å². The van der Waals surface area contributed by atoms with Gasteiger partial charge in [0.2, 0.25) is 0 Å².